The third-order valence-corrected chi connectivity index (χ3v) is 4.36. The van der Waals surface area contributed by atoms with Crippen LogP contribution in [0.25, 0.3) is 0 Å². The second-order valence-electron chi connectivity index (χ2n) is 6.24. The second kappa shape index (κ2) is 6.11. The first-order valence-corrected chi connectivity index (χ1v) is 7.73. The fraction of sp³-hybridized carbons (Fsp3) is 0.786. The highest BCUT2D eigenvalue weighted by molar-refractivity contribution is 5.90. The molecule has 7 heteroatoms. The summed E-state index contributed by atoms with van der Waals surface area (Å²) in [5.74, 6) is 1.52. The van der Waals surface area contributed by atoms with Gasteiger partial charge in [-0.05, 0) is 51.6 Å². The Bertz CT molecular complexity index is 489. The standard InChI is InChI=1S/C14H23N5O2/c1-9(15)10-4-6-19(7-5-10)8-12(20)16-14-18-17-13(21-14)11-2-3-11/h9-11H,2-8,15H2,1H3,(H,16,18,20). The lowest BCUT2D eigenvalue weighted by Crippen LogP contribution is -2.42. The Hall–Kier alpha value is -1.47. The summed E-state index contributed by atoms with van der Waals surface area (Å²) in [5.41, 5.74) is 5.92. The van der Waals surface area contributed by atoms with Crippen molar-refractivity contribution in [3.8, 4) is 0 Å². The molecule has 1 aromatic heterocycles. The number of anilines is 1. The number of piperidine rings is 1. The van der Waals surface area contributed by atoms with Crippen molar-refractivity contribution in [3.05, 3.63) is 5.89 Å². The molecular weight excluding hydrogens is 270 g/mol. The molecule has 0 bridgehead atoms. The molecule has 21 heavy (non-hydrogen) atoms. The minimum Gasteiger partial charge on any atom is -0.408 e. The normalized spacial score (nSPS) is 22.2. The van der Waals surface area contributed by atoms with Gasteiger partial charge in [-0.3, -0.25) is 15.0 Å². The van der Waals surface area contributed by atoms with E-state index in [1.807, 2.05) is 0 Å². The number of nitrogens with two attached hydrogens (primary N) is 1. The van der Waals surface area contributed by atoms with Crippen molar-refractivity contribution in [1.82, 2.24) is 15.1 Å². The number of carbonyl (C=O) groups is 1. The molecule has 0 aromatic carbocycles. The van der Waals surface area contributed by atoms with Crippen molar-refractivity contribution in [2.24, 2.45) is 11.7 Å². The molecule has 1 aliphatic heterocycles. The molecule has 116 valence electrons. The quantitative estimate of drug-likeness (QED) is 0.838. The summed E-state index contributed by atoms with van der Waals surface area (Å²) in [5, 5.41) is 10.5. The first-order valence-electron chi connectivity index (χ1n) is 7.73. The number of likely N-dealkylation sites (tertiary alicyclic amines) is 1. The van der Waals surface area contributed by atoms with E-state index in [4.69, 9.17) is 10.2 Å². The number of aromatic nitrogens is 2. The molecule has 1 aliphatic carbocycles. The van der Waals surface area contributed by atoms with E-state index in [0.29, 0.717) is 24.3 Å². The Morgan fingerprint density at radius 2 is 2.10 bits per heavy atom. The van der Waals surface area contributed by atoms with E-state index in [1.54, 1.807) is 0 Å². The first-order chi connectivity index (χ1) is 10.1. The molecule has 1 saturated carbocycles. The van der Waals surface area contributed by atoms with Crippen molar-refractivity contribution in [3.63, 3.8) is 0 Å². The molecule has 1 unspecified atom stereocenters. The SMILES string of the molecule is CC(N)C1CCN(CC(=O)Nc2nnc(C3CC3)o2)CC1. The maximum Gasteiger partial charge on any atom is 0.322 e. The predicted molar refractivity (Wildman–Crippen MR) is 77.7 cm³/mol. The van der Waals surface area contributed by atoms with E-state index < -0.39 is 0 Å². The largest absolute Gasteiger partial charge is 0.408 e. The van der Waals surface area contributed by atoms with Crippen LogP contribution in [0.2, 0.25) is 0 Å². The minimum atomic E-state index is -0.0970. The van der Waals surface area contributed by atoms with Crippen molar-refractivity contribution in [1.29, 1.82) is 0 Å². The highest BCUT2D eigenvalue weighted by Gasteiger charge is 2.30. The van der Waals surface area contributed by atoms with Crippen LogP contribution in [-0.2, 0) is 4.79 Å². The molecule has 2 aliphatic rings. The average Bonchev–Trinajstić information content (AvgIpc) is 3.20. The van der Waals surface area contributed by atoms with Crippen LogP contribution in [0.15, 0.2) is 4.42 Å². The van der Waals surface area contributed by atoms with Gasteiger partial charge < -0.3 is 10.2 Å². The zero-order valence-corrected chi connectivity index (χ0v) is 12.4. The van der Waals surface area contributed by atoms with Crippen molar-refractivity contribution < 1.29 is 9.21 Å². The van der Waals surface area contributed by atoms with Crippen molar-refractivity contribution in [2.45, 2.75) is 44.6 Å². The van der Waals surface area contributed by atoms with Gasteiger partial charge in [0.25, 0.3) is 0 Å². The van der Waals surface area contributed by atoms with Gasteiger partial charge in [-0.1, -0.05) is 5.10 Å². The first kappa shape index (κ1) is 14.5. The molecule has 1 aromatic rings. The van der Waals surface area contributed by atoms with Gasteiger partial charge in [0.15, 0.2) is 0 Å². The van der Waals surface area contributed by atoms with Crippen LogP contribution >= 0.6 is 0 Å². The van der Waals surface area contributed by atoms with Crippen LogP contribution in [-0.4, -0.2) is 46.7 Å². The van der Waals surface area contributed by atoms with Crippen LogP contribution in [0.1, 0.15) is 44.4 Å². The van der Waals surface area contributed by atoms with Gasteiger partial charge in [0.1, 0.15) is 0 Å². The van der Waals surface area contributed by atoms with Crippen molar-refractivity contribution >= 4 is 11.9 Å². The van der Waals surface area contributed by atoms with Gasteiger partial charge in [-0.25, -0.2) is 0 Å². The Balaban J connectivity index is 1.43. The average molecular weight is 293 g/mol. The lowest BCUT2D eigenvalue weighted by molar-refractivity contribution is -0.117. The van der Waals surface area contributed by atoms with Crippen LogP contribution < -0.4 is 11.1 Å². The third-order valence-electron chi connectivity index (χ3n) is 4.36. The van der Waals surface area contributed by atoms with E-state index in [0.717, 1.165) is 38.8 Å². The summed E-state index contributed by atoms with van der Waals surface area (Å²) in [6, 6.07) is 0.451. The van der Waals surface area contributed by atoms with E-state index in [-0.39, 0.29) is 18.0 Å². The molecule has 1 atom stereocenters. The van der Waals surface area contributed by atoms with Gasteiger partial charge in [0.05, 0.1) is 6.54 Å². The topological polar surface area (TPSA) is 97.3 Å². The molecule has 2 heterocycles. The summed E-state index contributed by atoms with van der Waals surface area (Å²) >= 11 is 0. The summed E-state index contributed by atoms with van der Waals surface area (Å²) < 4.78 is 5.43. The van der Waals surface area contributed by atoms with Gasteiger partial charge in [-0.15, -0.1) is 5.10 Å². The van der Waals surface area contributed by atoms with Crippen LogP contribution in [0, 0.1) is 5.92 Å². The molecule has 0 radical (unpaired) electrons. The summed E-state index contributed by atoms with van der Waals surface area (Å²) in [7, 11) is 0. The van der Waals surface area contributed by atoms with E-state index in [9.17, 15) is 4.79 Å². The highest BCUT2D eigenvalue weighted by atomic mass is 16.4. The number of carbonyl (C=O) groups excluding carboxylic acids is 1. The maximum absolute atomic E-state index is 12.0. The molecule has 2 fully saturated rings. The Labute approximate surface area is 124 Å². The summed E-state index contributed by atoms with van der Waals surface area (Å²) in [4.78, 5) is 14.1. The van der Waals surface area contributed by atoms with Crippen molar-refractivity contribution in [2.75, 3.05) is 25.0 Å². The molecule has 1 saturated heterocycles. The Morgan fingerprint density at radius 3 is 2.71 bits per heavy atom. The molecule has 1 amide bonds. The van der Waals surface area contributed by atoms with E-state index in [1.165, 1.54) is 0 Å². The zero-order valence-electron chi connectivity index (χ0n) is 12.4. The van der Waals surface area contributed by atoms with Gasteiger partial charge in [-0.2, -0.15) is 0 Å². The van der Waals surface area contributed by atoms with Crippen LogP contribution in [0.5, 0.6) is 0 Å². The molecule has 0 spiro atoms. The van der Waals surface area contributed by atoms with Gasteiger partial charge >= 0.3 is 6.01 Å². The molecular formula is C14H23N5O2. The fourth-order valence-electron chi connectivity index (χ4n) is 2.78. The van der Waals surface area contributed by atoms with E-state index in [2.05, 4.69) is 27.3 Å². The predicted octanol–water partition coefficient (Wildman–Crippen LogP) is 0.945. The zero-order chi connectivity index (χ0) is 14.8. The molecule has 7 nitrogen and oxygen atoms in total. The monoisotopic (exact) mass is 293 g/mol. The van der Waals surface area contributed by atoms with E-state index >= 15 is 0 Å². The summed E-state index contributed by atoms with van der Waals surface area (Å²) in [6.07, 6.45) is 4.31. The smallest absolute Gasteiger partial charge is 0.322 e. The maximum atomic E-state index is 12.0. The molecule has 3 N–H and O–H groups in total. The van der Waals surface area contributed by atoms with Gasteiger partial charge in [0, 0.05) is 12.0 Å². The van der Waals surface area contributed by atoms with Crippen LogP contribution in [0.4, 0.5) is 6.01 Å². The second-order valence-corrected chi connectivity index (χ2v) is 6.24. The summed E-state index contributed by atoms with van der Waals surface area (Å²) in [6.45, 7) is 4.25. The number of hydrogen-bond donors (Lipinski definition) is 2. The minimum absolute atomic E-state index is 0.0970. The van der Waals surface area contributed by atoms with Gasteiger partial charge in [0.2, 0.25) is 11.8 Å². The number of hydrogen-bond acceptors (Lipinski definition) is 6. The van der Waals surface area contributed by atoms with Crippen LogP contribution in [0.3, 0.4) is 0 Å². The number of nitrogens with one attached hydrogen (secondary N) is 1. The number of rotatable bonds is 5. The Morgan fingerprint density at radius 1 is 1.38 bits per heavy atom. The highest BCUT2D eigenvalue weighted by Crippen LogP contribution is 2.39. The number of amides is 1. The Kier molecular flexibility index (Phi) is 4.21. The lowest BCUT2D eigenvalue weighted by atomic mass is 9.91. The lowest BCUT2D eigenvalue weighted by Gasteiger charge is -2.33. The number of nitrogens with zero attached hydrogens (tertiary/aromatic N) is 3. The third kappa shape index (κ3) is 3.79. The molecule has 3 rings (SSSR count). The fourth-order valence-corrected chi connectivity index (χ4v) is 2.78.